The Kier molecular flexibility index (Phi) is 6.46. The highest BCUT2D eigenvalue weighted by Gasteiger charge is 2.36. The Bertz CT molecular complexity index is 3190. The van der Waals surface area contributed by atoms with Crippen LogP contribution in [0.15, 0.2) is 200 Å². The van der Waals surface area contributed by atoms with E-state index in [4.69, 9.17) is 0 Å². The van der Waals surface area contributed by atoms with E-state index in [1.807, 2.05) is 0 Å². The molecule has 8 aromatic carbocycles. The summed E-state index contributed by atoms with van der Waals surface area (Å²) in [6, 6.07) is 66.9. The summed E-state index contributed by atoms with van der Waals surface area (Å²) in [5.41, 5.74) is 15.0. The molecule has 55 heavy (non-hydrogen) atoms. The van der Waals surface area contributed by atoms with Crippen molar-refractivity contribution in [1.29, 1.82) is 0 Å². The predicted octanol–water partition coefficient (Wildman–Crippen LogP) is 13.6. The highest BCUT2D eigenvalue weighted by Crippen LogP contribution is 2.53. The lowest BCUT2D eigenvalue weighted by Gasteiger charge is -2.26. The summed E-state index contributed by atoms with van der Waals surface area (Å²) < 4.78 is 5.01. The average molecular weight is 702 g/mol. The van der Waals surface area contributed by atoms with Crippen molar-refractivity contribution < 1.29 is 0 Å². The molecule has 258 valence electrons. The Morgan fingerprint density at radius 2 is 1.04 bits per heavy atom. The topological polar surface area (TPSA) is 13.1 Å². The van der Waals surface area contributed by atoms with E-state index in [9.17, 15) is 0 Å². The molecule has 2 aliphatic rings. The third-order valence-corrected chi connectivity index (χ3v) is 12.0. The van der Waals surface area contributed by atoms with Crippen LogP contribution in [0.25, 0.3) is 71.3 Å². The molecule has 3 nitrogen and oxygen atoms in total. The van der Waals surface area contributed by atoms with Gasteiger partial charge in [0.2, 0.25) is 0 Å². The van der Waals surface area contributed by atoms with Crippen molar-refractivity contribution in [3.05, 3.63) is 211 Å². The Balaban J connectivity index is 1.16. The SMILES string of the molecule is C1=C(c2cc(-n3c4ccccc4c4ccccc43)c3c(c2)c2ccccc2n3-c2ccc3ccccc3c2)CC2C(=C1)N(c1ccccc1)c1ccccc12. The first-order chi connectivity index (χ1) is 27.3. The standard InChI is InChI=1S/C52H35N3/c1-2-16-38(17-3-1)53-46-22-10-8-20-42(46)44-31-36(27-29-50(44)53)37-32-45-43-21-9-11-23-47(43)54(39-28-26-34-14-4-5-15-35(34)30-39)52(45)51(33-37)55-48-24-12-6-18-40(48)41-19-7-13-25-49(41)55/h1-30,32-33,44H,31H2. The van der Waals surface area contributed by atoms with Crippen LogP contribution in [0.2, 0.25) is 0 Å². The first kappa shape index (κ1) is 30.4. The molecule has 1 aliphatic heterocycles. The molecule has 0 saturated heterocycles. The fourth-order valence-corrected chi connectivity index (χ4v) is 9.60. The zero-order valence-electron chi connectivity index (χ0n) is 30.1. The van der Waals surface area contributed by atoms with Crippen molar-refractivity contribution >= 4 is 71.3 Å². The molecule has 0 radical (unpaired) electrons. The van der Waals surface area contributed by atoms with E-state index in [2.05, 4.69) is 208 Å². The van der Waals surface area contributed by atoms with E-state index in [1.165, 1.54) is 93.8 Å². The summed E-state index contributed by atoms with van der Waals surface area (Å²) in [6.07, 6.45) is 5.68. The quantitative estimate of drug-likeness (QED) is 0.178. The number of benzene rings is 8. The van der Waals surface area contributed by atoms with Crippen LogP contribution >= 0.6 is 0 Å². The second kappa shape index (κ2) is 11.7. The van der Waals surface area contributed by atoms with Crippen LogP contribution in [-0.4, -0.2) is 9.13 Å². The fraction of sp³-hybridized carbons (Fsp3) is 0.0385. The van der Waals surface area contributed by atoms with Crippen LogP contribution in [0, 0.1) is 0 Å². The summed E-state index contributed by atoms with van der Waals surface area (Å²) in [5.74, 6) is 0.266. The number of para-hydroxylation sites is 5. The number of allylic oxidation sites excluding steroid dienone is 4. The maximum absolute atomic E-state index is 2.51. The van der Waals surface area contributed by atoms with E-state index < -0.39 is 0 Å². The third kappa shape index (κ3) is 4.44. The molecule has 0 N–H and O–H groups in total. The van der Waals surface area contributed by atoms with Crippen LogP contribution in [-0.2, 0) is 0 Å². The molecular weight excluding hydrogens is 667 g/mol. The number of aromatic nitrogens is 2. The number of hydrogen-bond donors (Lipinski definition) is 0. The van der Waals surface area contributed by atoms with Gasteiger partial charge in [0.15, 0.2) is 0 Å². The van der Waals surface area contributed by atoms with Crippen molar-refractivity contribution in [2.24, 2.45) is 0 Å². The molecule has 10 aromatic rings. The van der Waals surface area contributed by atoms with Crippen molar-refractivity contribution in [2.75, 3.05) is 4.90 Å². The summed E-state index contributed by atoms with van der Waals surface area (Å²) >= 11 is 0. The van der Waals surface area contributed by atoms with Gasteiger partial charge in [-0.05, 0) is 101 Å². The summed E-state index contributed by atoms with van der Waals surface area (Å²) in [7, 11) is 0. The lowest BCUT2D eigenvalue weighted by molar-refractivity contribution is 0.832. The largest absolute Gasteiger partial charge is 0.313 e. The Hall–Kier alpha value is -7.10. The molecule has 1 atom stereocenters. The molecule has 3 heteroatoms. The maximum atomic E-state index is 2.51. The van der Waals surface area contributed by atoms with E-state index >= 15 is 0 Å². The van der Waals surface area contributed by atoms with Gasteiger partial charge in [0.05, 0.1) is 27.8 Å². The Morgan fingerprint density at radius 1 is 0.418 bits per heavy atom. The van der Waals surface area contributed by atoms with Crippen molar-refractivity contribution in [3.63, 3.8) is 0 Å². The molecule has 0 spiro atoms. The molecule has 0 bridgehead atoms. The molecule has 3 heterocycles. The van der Waals surface area contributed by atoms with Gasteiger partial charge in [-0.1, -0.05) is 127 Å². The minimum absolute atomic E-state index is 0.266. The lowest BCUT2D eigenvalue weighted by Crippen LogP contribution is -2.15. The van der Waals surface area contributed by atoms with Gasteiger partial charge in [0, 0.05) is 50.2 Å². The van der Waals surface area contributed by atoms with Crippen molar-refractivity contribution in [3.8, 4) is 11.4 Å². The first-order valence-electron chi connectivity index (χ1n) is 19.2. The zero-order valence-corrected chi connectivity index (χ0v) is 30.1. The number of rotatable bonds is 4. The number of nitrogens with zero attached hydrogens (tertiary/aromatic N) is 3. The normalized spacial score (nSPS) is 15.2. The summed E-state index contributed by atoms with van der Waals surface area (Å²) in [6.45, 7) is 0. The smallest absolute Gasteiger partial charge is 0.0782 e. The monoisotopic (exact) mass is 701 g/mol. The van der Waals surface area contributed by atoms with Gasteiger partial charge in [0.25, 0.3) is 0 Å². The minimum atomic E-state index is 0.266. The third-order valence-electron chi connectivity index (χ3n) is 12.0. The number of fused-ring (bicyclic) bond motifs is 10. The first-order valence-corrected chi connectivity index (χ1v) is 19.2. The highest BCUT2D eigenvalue weighted by atomic mass is 15.2. The molecule has 0 saturated carbocycles. The van der Waals surface area contributed by atoms with Gasteiger partial charge >= 0.3 is 0 Å². The van der Waals surface area contributed by atoms with Gasteiger partial charge in [0.1, 0.15) is 0 Å². The lowest BCUT2D eigenvalue weighted by atomic mass is 9.84. The van der Waals surface area contributed by atoms with Gasteiger partial charge in [-0.2, -0.15) is 0 Å². The van der Waals surface area contributed by atoms with Gasteiger partial charge in [-0.25, -0.2) is 0 Å². The van der Waals surface area contributed by atoms with Crippen LogP contribution in [0.5, 0.6) is 0 Å². The number of anilines is 2. The molecule has 1 aliphatic carbocycles. The van der Waals surface area contributed by atoms with Crippen molar-refractivity contribution in [1.82, 2.24) is 9.13 Å². The predicted molar refractivity (Wildman–Crippen MR) is 231 cm³/mol. The average Bonchev–Trinajstić information content (AvgIpc) is 3.89. The maximum Gasteiger partial charge on any atom is 0.0782 e. The van der Waals surface area contributed by atoms with E-state index in [1.54, 1.807) is 0 Å². The van der Waals surface area contributed by atoms with E-state index in [0.717, 1.165) is 12.1 Å². The molecule has 2 aromatic heterocycles. The fourth-order valence-electron chi connectivity index (χ4n) is 9.60. The second-order valence-corrected chi connectivity index (χ2v) is 14.9. The number of hydrogen-bond acceptors (Lipinski definition) is 1. The zero-order chi connectivity index (χ0) is 36.0. The molecule has 0 amide bonds. The molecular formula is C52H35N3. The van der Waals surface area contributed by atoms with E-state index in [0.29, 0.717) is 0 Å². The van der Waals surface area contributed by atoms with Crippen molar-refractivity contribution in [2.45, 2.75) is 12.3 Å². The second-order valence-electron chi connectivity index (χ2n) is 14.9. The van der Waals surface area contributed by atoms with E-state index in [-0.39, 0.29) is 5.92 Å². The van der Waals surface area contributed by atoms with Crippen LogP contribution in [0.3, 0.4) is 0 Å². The van der Waals surface area contributed by atoms with Crippen LogP contribution < -0.4 is 4.90 Å². The van der Waals surface area contributed by atoms with Crippen LogP contribution in [0.1, 0.15) is 23.5 Å². The summed E-state index contributed by atoms with van der Waals surface area (Å²) in [5, 5.41) is 7.51. The van der Waals surface area contributed by atoms with Crippen LogP contribution in [0.4, 0.5) is 11.4 Å². The highest BCUT2D eigenvalue weighted by molar-refractivity contribution is 6.16. The molecule has 0 fully saturated rings. The summed E-state index contributed by atoms with van der Waals surface area (Å²) in [4.78, 5) is 2.46. The van der Waals surface area contributed by atoms with Gasteiger partial charge < -0.3 is 14.0 Å². The Labute approximate surface area is 318 Å². The Morgan fingerprint density at radius 3 is 1.80 bits per heavy atom. The van der Waals surface area contributed by atoms with Gasteiger partial charge in [-0.15, -0.1) is 0 Å². The molecule has 1 unspecified atom stereocenters. The molecule has 12 rings (SSSR count). The minimum Gasteiger partial charge on any atom is -0.313 e. The van der Waals surface area contributed by atoms with Gasteiger partial charge in [-0.3, -0.25) is 0 Å².